The molecule has 0 spiro atoms. The van der Waals surface area contributed by atoms with Gasteiger partial charge in [-0.2, -0.15) is 0 Å². The van der Waals surface area contributed by atoms with Gasteiger partial charge in [-0.05, 0) is 43.2 Å². The van der Waals surface area contributed by atoms with Gasteiger partial charge in [0.2, 0.25) is 11.5 Å². The molecule has 0 aliphatic rings. The van der Waals surface area contributed by atoms with E-state index in [-0.39, 0.29) is 23.8 Å². The summed E-state index contributed by atoms with van der Waals surface area (Å²) >= 11 is 6.02. The van der Waals surface area contributed by atoms with E-state index in [4.69, 9.17) is 26.5 Å². The third kappa shape index (κ3) is 3.57. The number of fused-ring (bicyclic) bond motifs is 1. The molecule has 4 rings (SSSR count). The van der Waals surface area contributed by atoms with Gasteiger partial charge in [-0.1, -0.05) is 53.6 Å². The van der Waals surface area contributed by atoms with Crippen molar-refractivity contribution in [1.29, 1.82) is 0 Å². The predicted octanol–water partition coefficient (Wildman–Crippen LogP) is 5.88. The van der Waals surface area contributed by atoms with E-state index in [1.54, 1.807) is 19.1 Å². The van der Waals surface area contributed by atoms with E-state index in [0.717, 1.165) is 22.3 Å². The van der Waals surface area contributed by atoms with Crippen LogP contribution in [0.25, 0.3) is 33.5 Å². The van der Waals surface area contributed by atoms with Crippen molar-refractivity contribution in [2.75, 3.05) is 12.3 Å². The molecule has 5 nitrogen and oxygen atoms in total. The fourth-order valence-corrected chi connectivity index (χ4v) is 3.32. The molecule has 146 valence electrons. The maximum absolute atomic E-state index is 12.3. The number of pyridine rings is 1. The highest BCUT2D eigenvalue weighted by molar-refractivity contribution is 6.30. The lowest BCUT2D eigenvalue weighted by Crippen LogP contribution is -2.05. The van der Waals surface area contributed by atoms with Crippen molar-refractivity contribution < 1.29 is 13.9 Å². The molecular weight excluding hydrogens is 388 g/mol. The molecule has 0 aliphatic heterocycles. The van der Waals surface area contributed by atoms with Crippen molar-refractivity contribution >= 4 is 34.4 Å². The highest BCUT2D eigenvalue weighted by Crippen LogP contribution is 2.38. The zero-order chi connectivity index (χ0) is 20.5. The molecule has 0 fully saturated rings. The number of aryl methyl sites for hydroxylation is 1. The second kappa shape index (κ2) is 7.60. The average Bonchev–Trinajstić information content (AvgIpc) is 3.05. The van der Waals surface area contributed by atoms with Crippen LogP contribution in [-0.2, 0) is 4.74 Å². The number of hydrogen-bond donors (Lipinski definition) is 1. The summed E-state index contributed by atoms with van der Waals surface area (Å²) in [5.41, 5.74) is 11.3. The molecule has 0 unspecified atom stereocenters. The first-order valence-electron chi connectivity index (χ1n) is 9.21. The Bertz CT molecular complexity index is 1200. The minimum Gasteiger partial charge on any atom is -0.460 e. The van der Waals surface area contributed by atoms with Gasteiger partial charge in [-0.15, -0.1) is 0 Å². The Kier molecular flexibility index (Phi) is 4.99. The third-order valence-corrected chi connectivity index (χ3v) is 4.91. The lowest BCUT2D eigenvalue weighted by Gasteiger charge is -2.08. The molecule has 6 heteroatoms. The molecule has 0 saturated heterocycles. The van der Waals surface area contributed by atoms with Crippen LogP contribution < -0.4 is 5.73 Å². The average molecular weight is 407 g/mol. The maximum atomic E-state index is 12.3. The summed E-state index contributed by atoms with van der Waals surface area (Å²) in [5, 5.41) is 1.23. The number of anilines is 1. The van der Waals surface area contributed by atoms with Gasteiger partial charge in [-0.25, -0.2) is 9.78 Å². The van der Waals surface area contributed by atoms with Crippen molar-refractivity contribution in [1.82, 2.24) is 4.98 Å². The first-order chi connectivity index (χ1) is 14.0. The van der Waals surface area contributed by atoms with Crippen LogP contribution in [0.3, 0.4) is 0 Å². The van der Waals surface area contributed by atoms with Crippen LogP contribution in [-0.4, -0.2) is 17.6 Å². The molecule has 0 bridgehead atoms. The number of nitrogen functional groups attached to an aromatic ring is 1. The SMILES string of the molecule is CCOC(=O)c1oc2nc(-c3ccc(Cl)cc3)cc(-c3ccc(C)cc3)c2c1N. The van der Waals surface area contributed by atoms with E-state index in [0.29, 0.717) is 16.1 Å². The van der Waals surface area contributed by atoms with Gasteiger partial charge in [-0.3, -0.25) is 0 Å². The Labute approximate surface area is 173 Å². The van der Waals surface area contributed by atoms with Gasteiger partial charge >= 0.3 is 5.97 Å². The zero-order valence-electron chi connectivity index (χ0n) is 16.0. The van der Waals surface area contributed by atoms with E-state index < -0.39 is 5.97 Å². The Hall–Kier alpha value is -3.31. The van der Waals surface area contributed by atoms with Gasteiger partial charge in [0, 0.05) is 10.6 Å². The third-order valence-electron chi connectivity index (χ3n) is 4.66. The second-order valence-corrected chi connectivity index (χ2v) is 7.11. The Morgan fingerprint density at radius 3 is 2.41 bits per heavy atom. The fourth-order valence-electron chi connectivity index (χ4n) is 3.20. The highest BCUT2D eigenvalue weighted by atomic mass is 35.5. The second-order valence-electron chi connectivity index (χ2n) is 6.67. The first kappa shape index (κ1) is 19.0. The molecule has 4 aromatic rings. The van der Waals surface area contributed by atoms with Crippen LogP contribution in [0, 0.1) is 6.92 Å². The molecule has 29 heavy (non-hydrogen) atoms. The van der Waals surface area contributed by atoms with Crippen LogP contribution in [0.1, 0.15) is 23.0 Å². The number of nitrogens with two attached hydrogens (primary N) is 1. The van der Waals surface area contributed by atoms with Gasteiger partial charge in [0.25, 0.3) is 0 Å². The van der Waals surface area contributed by atoms with Gasteiger partial charge < -0.3 is 14.9 Å². The number of nitrogens with zero attached hydrogens (tertiary/aromatic N) is 1. The zero-order valence-corrected chi connectivity index (χ0v) is 16.8. The highest BCUT2D eigenvalue weighted by Gasteiger charge is 2.24. The van der Waals surface area contributed by atoms with Gasteiger partial charge in [0.15, 0.2) is 0 Å². The van der Waals surface area contributed by atoms with Crippen molar-refractivity contribution in [2.24, 2.45) is 0 Å². The Morgan fingerprint density at radius 1 is 1.10 bits per heavy atom. The van der Waals surface area contributed by atoms with Crippen LogP contribution >= 0.6 is 11.6 Å². The van der Waals surface area contributed by atoms with Crippen molar-refractivity contribution in [3.8, 4) is 22.4 Å². The molecule has 0 atom stereocenters. The number of carbonyl (C=O) groups is 1. The molecule has 2 N–H and O–H groups in total. The van der Waals surface area contributed by atoms with Crippen LogP contribution in [0.5, 0.6) is 0 Å². The normalized spacial score (nSPS) is 11.0. The summed E-state index contributed by atoms with van der Waals surface area (Å²) in [6.07, 6.45) is 0. The predicted molar refractivity (Wildman–Crippen MR) is 115 cm³/mol. The number of ether oxygens (including phenoxy) is 1. The standard InChI is InChI=1S/C23H19ClN2O3/c1-3-28-23(27)21-20(25)19-17(14-6-4-13(2)5-7-14)12-18(26-22(19)29-21)15-8-10-16(24)11-9-15/h4-12H,3,25H2,1-2H3. The Morgan fingerprint density at radius 2 is 1.76 bits per heavy atom. The van der Waals surface area contributed by atoms with Crippen LogP contribution in [0.15, 0.2) is 59.0 Å². The van der Waals surface area contributed by atoms with Crippen molar-refractivity contribution in [3.63, 3.8) is 0 Å². The fraction of sp³-hybridized carbons (Fsp3) is 0.130. The minimum atomic E-state index is -0.606. The van der Waals surface area contributed by atoms with Gasteiger partial charge in [0.05, 0.1) is 23.4 Å². The number of benzene rings is 2. The Balaban J connectivity index is 1.99. The minimum absolute atomic E-state index is 0.0315. The number of halogens is 1. The molecule has 0 aliphatic carbocycles. The molecule has 0 radical (unpaired) electrons. The molecule has 2 aromatic carbocycles. The van der Waals surface area contributed by atoms with E-state index in [2.05, 4.69) is 4.98 Å². The summed E-state index contributed by atoms with van der Waals surface area (Å²) in [6, 6.07) is 17.4. The molecule has 0 amide bonds. The summed E-state index contributed by atoms with van der Waals surface area (Å²) in [7, 11) is 0. The van der Waals surface area contributed by atoms with Crippen LogP contribution in [0.2, 0.25) is 5.02 Å². The number of carbonyl (C=O) groups excluding carboxylic acids is 1. The van der Waals surface area contributed by atoms with Crippen molar-refractivity contribution in [2.45, 2.75) is 13.8 Å². The summed E-state index contributed by atoms with van der Waals surface area (Å²) in [5.74, 6) is -0.637. The summed E-state index contributed by atoms with van der Waals surface area (Å²) in [4.78, 5) is 16.9. The summed E-state index contributed by atoms with van der Waals surface area (Å²) in [6.45, 7) is 3.98. The maximum Gasteiger partial charge on any atom is 0.376 e. The largest absolute Gasteiger partial charge is 0.460 e. The number of furan rings is 1. The van der Waals surface area contributed by atoms with E-state index in [1.165, 1.54) is 0 Å². The smallest absolute Gasteiger partial charge is 0.376 e. The number of rotatable bonds is 4. The molecular formula is C23H19ClN2O3. The quantitative estimate of drug-likeness (QED) is 0.428. The molecule has 2 heterocycles. The van der Waals surface area contributed by atoms with Crippen molar-refractivity contribution in [3.05, 3.63) is 70.9 Å². The lowest BCUT2D eigenvalue weighted by molar-refractivity contribution is 0.0494. The monoisotopic (exact) mass is 406 g/mol. The number of aromatic nitrogens is 1. The number of esters is 1. The van der Waals surface area contributed by atoms with E-state index in [9.17, 15) is 4.79 Å². The topological polar surface area (TPSA) is 78.3 Å². The summed E-state index contributed by atoms with van der Waals surface area (Å²) < 4.78 is 10.8. The lowest BCUT2D eigenvalue weighted by atomic mass is 9.99. The van der Waals surface area contributed by atoms with Crippen LogP contribution in [0.4, 0.5) is 5.69 Å². The first-order valence-corrected chi connectivity index (χ1v) is 9.59. The van der Waals surface area contributed by atoms with E-state index >= 15 is 0 Å². The van der Waals surface area contributed by atoms with Gasteiger partial charge in [0.1, 0.15) is 0 Å². The van der Waals surface area contributed by atoms with E-state index in [1.807, 2.05) is 49.4 Å². The molecule has 0 saturated carbocycles. The number of hydrogen-bond acceptors (Lipinski definition) is 5. The molecule has 2 aromatic heterocycles.